The fraction of sp³-hybridized carbons (Fsp3) is 0.429. The molecule has 1 aromatic carbocycles. The molecule has 0 saturated heterocycles. The van der Waals surface area contributed by atoms with Crippen molar-refractivity contribution in [2.24, 2.45) is 0 Å². The molecule has 0 aromatic heterocycles. The summed E-state index contributed by atoms with van der Waals surface area (Å²) in [5, 5.41) is 17.5. The van der Waals surface area contributed by atoms with Crippen LogP contribution in [0.15, 0.2) is 24.3 Å². The first-order chi connectivity index (χ1) is 9.58. The summed E-state index contributed by atoms with van der Waals surface area (Å²) in [7, 11) is 0. The Kier molecular flexibility index (Phi) is 6.69. The number of unbranched alkanes of at least 4 members (excludes halogenated alkanes) is 1. The number of carbonyl (C=O) groups is 2. The van der Waals surface area contributed by atoms with E-state index in [9.17, 15) is 9.59 Å². The molecule has 0 aliphatic heterocycles. The molecule has 0 fully saturated rings. The summed E-state index contributed by atoms with van der Waals surface area (Å²) >= 11 is 0. The lowest BCUT2D eigenvalue weighted by Gasteiger charge is -2.09. The molecule has 2 N–H and O–H groups in total. The molecule has 0 aliphatic carbocycles. The maximum absolute atomic E-state index is 11.6. The van der Waals surface area contributed by atoms with Crippen LogP contribution < -0.4 is 0 Å². The van der Waals surface area contributed by atoms with Crippen LogP contribution in [0.4, 0.5) is 0 Å². The van der Waals surface area contributed by atoms with Crippen LogP contribution in [0.5, 0.6) is 0 Å². The minimum Gasteiger partial charge on any atom is -0.462 e. The number of esters is 2. The van der Waals surface area contributed by atoms with E-state index in [4.69, 9.17) is 14.9 Å². The fourth-order valence-electron chi connectivity index (χ4n) is 1.36. The van der Waals surface area contributed by atoms with Gasteiger partial charge >= 0.3 is 11.9 Å². The second-order valence-corrected chi connectivity index (χ2v) is 4.11. The molecule has 0 radical (unpaired) electrons. The third-order valence-electron chi connectivity index (χ3n) is 2.49. The lowest BCUT2D eigenvalue weighted by atomic mass is 10.1. The number of hydrogen-bond donors (Lipinski definition) is 2. The molecule has 0 heterocycles. The van der Waals surface area contributed by atoms with Gasteiger partial charge < -0.3 is 19.7 Å². The molecule has 0 saturated carbocycles. The third-order valence-corrected chi connectivity index (χ3v) is 2.49. The number of aliphatic hydroxyl groups excluding tert-OH is 2. The second-order valence-electron chi connectivity index (χ2n) is 4.11. The molecular weight excluding hydrogens is 264 g/mol. The second kappa shape index (κ2) is 8.29. The Labute approximate surface area is 116 Å². The van der Waals surface area contributed by atoms with E-state index in [1.54, 1.807) is 0 Å². The molecule has 1 atom stereocenters. The number of ether oxygens (including phenoxy) is 2. The molecular formula is C14H18O6. The van der Waals surface area contributed by atoms with Crippen LogP contribution in [0.25, 0.3) is 0 Å². The van der Waals surface area contributed by atoms with E-state index >= 15 is 0 Å². The van der Waals surface area contributed by atoms with Gasteiger partial charge in [-0.15, -0.1) is 0 Å². The lowest BCUT2D eigenvalue weighted by Crippen LogP contribution is -2.21. The average molecular weight is 282 g/mol. The SMILES string of the molecule is CCCCOC(=O)c1ccc(C(=O)OC(O)CO)cc1. The zero-order valence-electron chi connectivity index (χ0n) is 11.2. The lowest BCUT2D eigenvalue weighted by molar-refractivity contribution is -0.0904. The molecule has 110 valence electrons. The predicted molar refractivity (Wildman–Crippen MR) is 70.1 cm³/mol. The highest BCUT2D eigenvalue weighted by atomic mass is 16.6. The summed E-state index contributed by atoms with van der Waals surface area (Å²) in [4.78, 5) is 23.1. The first-order valence-corrected chi connectivity index (χ1v) is 6.35. The van der Waals surface area contributed by atoms with Crippen LogP contribution in [0.2, 0.25) is 0 Å². The van der Waals surface area contributed by atoms with Crippen molar-refractivity contribution in [3.8, 4) is 0 Å². The Morgan fingerprint density at radius 1 is 1.15 bits per heavy atom. The van der Waals surface area contributed by atoms with Crippen molar-refractivity contribution in [2.75, 3.05) is 13.2 Å². The van der Waals surface area contributed by atoms with Crippen molar-refractivity contribution in [1.29, 1.82) is 0 Å². The molecule has 1 unspecified atom stereocenters. The number of benzene rings is 1. The summed E-state index contributed by atoms with van der Waals surface area (Å²) in [6, 6.07) is 5.66. The van der Waals surface area contributed by atoms with Gasteiger partial charge in [-0.25, -0.2) is 9.59 Å². The van der Waals surface area contributed by atoms with Crippen LogP contribution >= 0.6 is 0 Å². The van der Waals surface area contributed by atoms with Gasteiger partial charge in [-0.1, -0.05) is 13.3 Å². The van der Waals surface area contributed by atoms with Crippen molar-refractivity contribution in [1.82, 2.24) is 0 Å². The fourth-order valence-corrected chi connectivity index (χ4v) is 1.36. The molecule has 6 nitrogen and oxygen atoms in total. The highest BCUT2D eigenvalue weighted by Crippen LogP contribution is 2.08. The van der Waals surface area contributed by atoms with Gasteiger partial charge in [0.1, 0.15) is 6.61 Å². The summed E-state index contributed by atoms with van der Waals surface area (Å²) in [5.74, 6) is -1.23. The van der Waals surface area contributed by atoms with Crippen LogP contribution in [0.1, 0.15) is 40.5 Å². The molecule has 0 amide bonds. The maximum Gasteiger partial charge on any atom is 0.340 e. The van der Waals surface area contributed by atoms with E-state index in [2.05, 4.69) is 4.74 Å². The van der Waals surface area contributed by atoms with Crippen LogP contribution in [-0.2, 0) is 9.47 Å². The summed E-state index contributed by atoms with van der Waals surface area (Å²) < 4.78 is 9.54. The minimum absolute atomic E-state index is 0.169. The number of rotatable bonds is 7. The Balaban J connectivity index is 2.59. The molecule has 0 bridgehead atoms. The van der Waals surface area contributed by atoms with E-state index < -0.39 is 24.8 Å². The van der Waals surface area contributed by atoms with Gasteiger partial charge in [-0.3, -0.25) is 0 Å². The average Bonchev–Trinajstić information content (AvgIpc) is 2.47. The molecule has 0 aliphatic rings. The first kappa shape index (κ1) is 16.1. The Bertz CT molecular complexity index is 439. The van der Waals surface area contributed by atoms with Gasteiger partial charge in [0.05, 0.1) is 17.7 Å². The Morgan fingerprint density at radius 2 is 1.70 bits per heavy atom. The standard InChI is InChI=1S/C14H18O6/c1-2-3-8-19-13(17)10-4-6-11(7-5-10)14(18)20-12(16)9-15/h4-7,12,15-16H,2-3,8-9H2,1H3. The van der Waals surface area contributed by atoms with Crippen molar-refractivity contribution in [2.45, 2.75) is 26.1 Å². The van der Waals surface area contributed by atoms with Crippen LogP contribution in [-0.4, -0.2) is 41.7 Å². The van der Waals surface area contributed by atoms with E-state index in [1.807, 2.05) is 6.92 Å². The largest absolute Gasteiger partial charge is 0.462 e. The van der Waals surface area contributed by atoms with Crippen molar-refractivity contribution in [3.63, 3.8) is 0 Å². The molecule has 6 heteroatoms. The molecule has 0 spiro atoms. The minimum atomic E-state index is -1.55. The quantitative estimate of drug-likeness (QED) is 0.442. The zero-order chi connectivity index (χ0) is 15.0. The van der Waals surface area contributed by atoms with Crippen molar-refractivity contribution < 1.29 is 29.3 Å². The van der Waals surface area contributed by atoms with Gasteiger partial charge in [0.2, 0.25) is 6.29 Å². The third kappa shape index (κ3) is 4.99. The highest BCUT2D eigenvalue weighted by Gasteiger charge is 2.13. The molecule has 20 heavy (non-hydrogen) atoms. The van der Waals surface area contributed by atoms with E-state index in [-0.39, 0.29) is 5.56 Å². The number of carbonyl (C=O) groups excluding carboxylic acids is 2. The van der Waals surface area contributed by atoms with E-state index in [1.165, 1.54) is 24.3 Å². The number of hydrogen-bond acceptors (Lipinski definition) is 6. The summed E-state index contributed by atoms with van der Waals surface area (Å²) in [5.41, 5.74) is 0.503. The normalized spacial score (nSPS) is 11.8. The zero-order valence-corrected chi connectivity index (χ0v) is 11.2. The molecule has 1 aromatic rings. The Morgan fingerprint density at radius 3 is 2.20 bits per heavy atom. The van der Waals surface area contributed by atoms with E-state index in [0.29, 0.717) is 12.2 Å². The summed E-state index contributed by atoms with van der Waals surface area (Å²) in [6.45, 7) is 1.68. The van der Waals surface area contributed by atoms with E-state index in [0.717, 1.165) is 12.8 Å². The predicted octanol–water partition coefficient (Wildman–Crippen LogP) is 1.11. The van der Waals surface area contributed by atoms with Crippen LogP contribution in [0, 0.1) is 0 Å². The summed E-state index contributed by atoms with van der Waals surface area (Å²) in [6.07, 6.45) is 0.182. The maximum atomic E-state index is 11.6. The van der Waals surface area contributed by atoms with Crippen molar-refractivity contribution >= 4 is 11.9 Å². The van der Waals surface area contributed by atoms with Gasteiger partial charge in [0.25, 0.3) is 0 Å². The first-order valence-electron chi connectivity index (χ1n) is 6.35. The number of aliphatic hydroxyl groups is 2. The highest BCUT2D eigenvalue weighted by molar-refractivity contribution is 5.93. The van der Waals surface area contributed by atoms with Crippen molar-refractivity contribution in [3.05, 3.63) is 35.4 Å². The smallest absolute Gasteiger partial charge is 0.340 e. The van der Waals surface area contributed by atoms with Gasteiger partial charge in [0, 0.05) is 0 Å². The Hall–Kier alpha value is -1.92. The van der Waals surface area contributed by atoms with Crippen LogP contribution in [0.3, 0.4) is 0 Å². The molecule has 1 rings (SSSR count). The van der Waals surface area contributed by atoms with Gasteiger partial charge in [-0.2, -0.15) is 0 Å². The monoisotopic (exact) mass is 282 g/mol. The van der Waals surface area contributed by atoms with Gasteiger partial charge in [0.15, 0.2) is 0 Å². The topological polar surface area (TPSA) is 93.1 Å². The van der Waals surface area contributed by atoms with Gasteiger partial charge in [-0.05, 0) is 30.7 Å².